The molecule has 3 heterocycles. The molecule has 2 aromatic rings. The van der Waals surface area contributed by atoms with E-state index in [2.05, 4.69) is 15.1 Å². The molecule has 0 saturated carbocycles. The van der Waals surface area contributed by atoms with Crippen molar-refractivity contribution in [2.75, 3.05) is 5.75 Å². The summed E-state index contributed by atoms with van der Waals surface area (Å²) in [6.07, 6.45) is 4.29. The number of rotatable bonds is 5. The summed E-state index contributed by atoms with van der Waals surface area (Å²) in [5.74, 6) is 0.236. The lowest BCUT2D eigenvalue weighted by molar-refractivity contribution is -0.137. The van der Waals surface area contributed by atoms with Crippen LogP contribution in [0.5, 0.6) is 0 Å². The number of benzene rings is 1. The van der Waals surface area contributed by atoms with E-state index in [1.807, 2.05) is 30.0 Å². The van der Waals surface area contributed by atoms with Crippen LogP contribution >= 0.6 is 11.8 Å². The van der Waals surface area contributed by atoms with Gasteiger partial charge in [-0.1, -0.05) is 24.6 Å². The third-order valence-corrected chi connectivity index (χ3v) is 6.18. The van der Waals surface area contributed by atoms with Gasteiger partial charge in [0.1, 0.15) is 0 Å². The van der Waals surface area contributed by atoms with E-state index in [0.29, 0.717) is 10.6 Å². The Balaban J connectivity index is 0.000000166. The highest BCUT2D eigenvalue weighted by Gasteiger charge is 2.42. The first-order chi connectivity index (χ1) is 13.0. The van der Waals surface area contributed by atoms with Crippen LogP contribution in [0.1, 0.15) is 25.7 Å². The predicted octanol–water partition coefficient (Wildman–Crippen LogP) is 2.59. The molecule has 2 amide bonds. The maximum absolute atomic E-state index is 11.1. The number of urea groups is 1. The van der Waals surface area contributed by atoms with Crippen LogP contribution < -0.4 is 16.3 Å². The number of hydrogen-bond donors (Lipinski definition) is 3. The van der Waals surface area contributed by atoms with Crippen molar-refractivity contribution in [1.29, 1.82) is 0 Å². The van der Waals surface area contributed by atoms with E-state index in [1.54, 1.807) is 12.1 Å². The van der Waals surface area contributed by atoms with Crippen molar-refractivity contribution in [3.8, 4) is 0 Å². The number of carbonyl (C=O) groups excluding carboxylic acids is 1. The highest BCUT2D eigenvalue weighted by atomic mass is 32.2. The zero-order valence-electron chi connectivity index (χ0n) is 14.7. The number of aliphatic carboxylic acids is 1. The fourth-order valence-corrected chi connectivity index (χ4v) is 4.87. The van der Waals surface area contributed by atoms with Crippen LogP contribution in [0.4, 0.5) is 4.79 Å². The van der Waals surface area contributed by atoms with E-state index in [4.69, 9.17) is 5.11 Å². The first-order valence-electron chi connectivity index (χ1n) is 8.91. The van der Waals surface area contributed by atoms with Gasteiger partial charge in [0.25, 0.3) is 0 Å². The molecule has 0 unspecified atom stereocenters. The molecule has 3 atom stereocenters. The van der Waals surface area contributed by atoms with E-state index < -0.39 is 5.97 Å². The molecule has 2 fully saturated rings. The molecule has 0 spiro atoms. The van der Waals surface area contributed by atoms with Gasteiger partial charge in [-0.25, -0.2) is 9.59 Å². The predicted molar refractivity (Wildman–Crippen MR) is 104 cm³/mol. The molecule has 0 radical (unpaired) electrons. The number of thioether (sulfide) groups is 1. The fraction of sp³-hybridized carbons (Fsp3) is 0.421. The number of hydrogen-bond acceptors (Lipinski definition) is 5. The molecule has 8 heteroatoms. The lowest BCUT2D eigenvalue weighted by atomic mass is 10.0. The summed E-state index contributed by atoms with van der Waals surface area (Å²) in [5.41, 5.74) is -0.275. The number of amides is 2. The van der Waals surface area contributed by atoms with Crippen molar-refractivity contribution in [3.63, 3.8) is 0 Å². The van der Waals surface area contributed by atoms with Crippen LogP contribution in [0.25, 0.3) is 10.8 Å². The van der Waals surface area contributed by atoms with Gasteiger partial charge in [-0.3, -0.25) is 4.79 Å². The second kappa shape index (κ2) is 8.94. The number of carbonyl (C=O) groups is 2. The van der Waals surface area contributed by atoms with Crippen LogP contribution in [-0.4, -0.2) is 40.2 Å². The van der Waals surface area contributed by atoms with Crippen molar-refractivity contribution >= 4 is 34.5 Å². The van der Waals surface area contributed by atoms with Crippen molar-refractivity contribution in [2.45, 2.75) is 43.0 Å². The Morgan fingerprint density at radius 2 is 2.00 bits per heavy atom. The lowest BCUT2D eigenvalue weighted by Gasteiger charge is -2.16. The third-order valence-electron chi connectivity index (χ3n) is 4.67. The summed E-state index contributed by atoms with van der Waals surface area (Å²) in [5, 5.41) is 16.3. The minimum atomic E-state index is -0.729. The molecule has 144 valence electrons. The highest BCUT2D eigenvalue weighted by molar-refractivity contribution is 8.00. The third kappa shape index (κ3) is 5.03. The zero-order valence-corrected chi connectivity index (χ0v) is 15.5. The largest absolute Gasteiger partial charge is 0.481 e. The van der Waals surface area contributed by atoms with Crippen molar-refractivity contribution in [2.24, 2.45) is 0 Å². The number of nitrogens with one attached hydrogen (secondary N) is 2. The van der Waals surface area contributed by atoms with Crippen LogP contribution in [0.15, 0.2) is 45.8 Å². The van der Waals surface area contributed by atoms with Gasteiger partial charge >= 0.3 is 17.6 Å². The minimum Gasteiger partial charge on any atom is -0.481 e. The molecule has 0 aliphatic carbocycles. The molecule has 4 rings (SSSR count). The molecule has 27 heavy (non-hydrogen) atoms. The normalized spacial score (nSPS) is 23.1. The molecule has 0 bridgehead atoms. The Morgan fingerprint density at radius 3 is 2.78 bits per heavy atom. The van der Waals surface area contributed by atoms with Gasteiger partial charge in [0.05, 0.1) is 23.7 Å². The topological polar surface area (TPSA) is 109 Å². The second-order valence-electron chi connectivity index (χ2n) is 6.56. The van der Waals surface area contributed by atoms with Gasteiger partial charge in [0.2, 0.25) is 0 Å². The summed E-state index contributed by atoms with van der Waals surface area (Å²) in [6, 6.07) is 9.56. The maximum Gasteiger partial charge on any atom is 0.343 e. The van der Waals surface area contributed by atoms with Gasteiger partial charge in [0, 0.05) is 17.4 Å². The Morgan fingerprint density at radius 1 is 1.19 bits per heavy atom. The average molecular weight is 390 g/mol. The van der Waals surface area contributed by atoms with Crippen LogP contribution in [0.3, 0.4) is 0 Å². The van der Waals surface area contributed by atoms with Gasteiger partial charge in [-0.05, 0) is 30.4 Å². The summed E-state index contributed by atoms with van der Waals surface area (Å²) < 4.78 is 4.68. The first-order valence-corrected chi connectivity index (χ1v) is 9.96. The quantitative estimate of drug-likeness (QED) is 0.535. The van der Waals surface area contributed by atoms with E-state index >= 15 is 0 Å². The summed E-state index contributed by atoms with van der Waals surface area (Å²) in [6.45, 7) is 0. The monoisotopic (exact) mass is 390 g/mol. The number of unbranched alkanes of at least 4 members (excludes halogenated alkanes) is 1. The lowest BCUT2D eigenvalue weighted by Crippen LogP contribution is -2.36. The molecule has 7 nitrogen and oxygen atoms in total. The fourth-order valence-electron chi connectivity index (χ4n) is 3.33. The highest BCUT2D eigenvalue weighted by Crippen LogP contribution is 2.33. The Labute approximate surface area is 160 Å². The second-order valence-corrected chi connectivity index (χ2v) is 7.83. The van der Waals surface area contributed by atoms with Gasteiger partial charge in [-0.15, -0.1) is 0 Å². The zero-order chi connectivity index (χ0) is 19.2. The summed E-state index contributed by atoms with van der Waals surface area (Å²) >= 11 is 1.87. The first kappa shape index (κ1) is 19.3. The summed E-state index contributed by atoms with van der Waals surface area (Å²) in [7, 11) is 0. The summed E-state index contributed by atoms with van der Waals surface area (Å²) in [4.78, 5) is 32.5. The molecular weight excluding hydrogens is 368 g/mol. The van der Waals surface area contributed by atoms with Crippen molar-refractivity contribution < 1.29 is 19.1 Å². The van der Waals surface area contributed by atoms with E-state index in [9.17, 15) is 14.4 Å². The smallest absolute Gasteiger partial charge is 0.343 e. The van der Waals surface area contributed by atoms with Crippen molar-refractivity contribution in [3.05, 3.63) is 47.0 Å². The molecule has 2 aliphatic heterocycles. The van der Waals surface area contributed by atoms with Crippen LogP contribution in [0, 0.1) is 0 Å². The van der Waals surface area contributed by atoms with Crippen molar-refractivity contribution in [1.82, 2.24) is 10.6 Å². The number of carboxylic acids is 1. The Kier molecular flexibility index (Phi) is 6.39. The molecule has 3 N–H and O–H groups in total. The van der Waals surface area contributed by atoms with Crippen LogP contribution in [-0.2, 0) is 4.79 Å². The average Bonchev–Trinajstić information content (AvgIpc) is 3.19. The molecule has 2 saturated heterocycles. The van der Waals surface area contributed by atoms with E-state index in [1.165, 1.54) is 6.26 Å². The Bertz CT molecular complexity index is 863. The minimum absolute atomic E-state index is 0.0640. The van der Waals surface area contributed by atoms with Crippen LogP contribution in [0.2, 0.25) is 0 Å². The standard InChI is InChI=1S/C10H16N2O3S.C9H6O2/c13-8(14)4-2-1-3-7-9-6(5-16-7)11-10(15)12-9;10-9-8-4-2-1-3-7(8)5-6-11-9/h6-7,9H,1-5H2,(H,13,14)(H2,11,12,15);1-6H/t6-,7-,9-;/m0./s1. The van der Waals surface area contributed by atoms with Gasteiger partial charge in [-0.2, -0.15) is 11.8 Å². The van der Waals surface area contributed by atoms with Gasteiger partial charge < -0.3 is 20.2 Å². The van der Waals surface area contributed by atoms with Gasteiger partial charge in [0.15, 0.2) is 0 Å². The Hall–Kier alpha value is -2.48. The molecule has 1 aromatic carbocycles. The number of carboxylic acid groups (broad SMARTS) is 1. The molecule has 1 aromatic heterocycles. The maximum atomic E-state index is 11.1. The molecular formula is C19H22N2O5S. The SMILES string of the molecule is O=C(O)CCCC[C@@H]1SC[C@@H]2NC(=O)N[C@@H]21.O=c1occc2ccccc12. The van der Waals surface area contributed by atoms with E-state index in [-0.39, 0.29) is 30.2 Å². The molecule has 2 aliphatic rings. The van der Waals surface area contributed by atoms with E-state index in [0.717, 1.165) is 30.4 Å². The number of fused-ring (bicyclic) bond motifs is 2.